The molecule has 3 unspecified atom stereocenters. The minimum Gasteiger partial charge on any atom is -0.487 e. The minimum atomic E-state index is -1.24. The zero-order valence-corrected chi connectivity index (χ0v) is 20.8. The van der Waals surface area contributed by atoms with E-state index in [1.807, 2.05) is 6.92 Å². The summed E-state index contributed by atoms with van der Waals surface area (Å²) in [5, 5.41) is 2.37. The van der Waals surface area contributed by atoms with Crippen molar-refractivity contribution in [2.45, 2.75) is 51.2 Å². The number of piperidine rings is 1. The predicted molar refractivity (Wildman–Crippen MR) is 129 cm³/mol. The van der Waals surface area contributed by atoms with Crippen LogP contribution in [0.1, 0.15) is 44.6 Å². The van der Waals surface area contributed by atoms with Gasteiger partial charge in [0.2, 0.25) is 11.9 Å². The number of halogens is 3. The number of ether oxygens (including phenoxy) is 1. The quantitative estimate of drug-likeness (QED) is 0.563. The third-order valence-electron chi connectivity index (χ3n) is 7.08. The number of nitrogens with two attached hydrogens (primary N) is 1. The third kappa shape index (κ3) is 6.12. The first-order valence-electron chi connectivity index (χ1n) is 12.4. The molecular formula is C25H31F3N6O3. The van der Waals surface area contributed by atoms with Gasteiger partial charge in [0.15, 0.2) is 17.4 Å². The molecule has 12 heteroatoms. The lowest BCUT2D eigenvalue weighted by Gasteiger charge is -2.34. The van der Waals surface area contributed by atoms with Gasteiger partial charge in [-0.15, -0.1) is 0 Å². The molecule has 0 spiro atoms. The Bertz CT molecular complexity index is 1130. The maximum Gasteiger partial charge on any atom is 0.324 e. The summed E-state index contributed by atoms with van der Waals surface area (Å²) in [5.41, 5.74) is 6.21. The molecule has 0 aliphatic carbocycles. The molecule has 2 aliphatic rings. The molecule has 4 rings (SSSR count). The summed E-state index contributed by atoms with van der Waals surface area (Å²) < 4.78 is 47.3. The van der Waals surface area contributed by atoms with Gasteiger partial charge in [-0.3, -0.25) is 10.1 Å². The number of carbonyl (C=O) groups excluding carboxylic acids is 2. The van der Waals surface area contributed by atoms with Crippen LogP contribution in [0, 0.1) is 23.4 Å². The van der Waals surface area contributed by atoms with Crippen molar-refractivity contribution < 1.29 is 27.5 Å². The number of hydrogen-bond donors (Lipinski definition) is 2. The molecule has 9 nitrogen and oxygen atoms in total. The standard InChI is InChI=1S/C25H31F3N6O3/c1-3-23(35)32-25(36)33-6-4-15(5-7-33)14(2)37-16-10-30-24(31-11-16)34-12-18(22(29)13-34)17-8-20(27)21(28)9-19(17)26/h8-11,14-15,18,22H,3-7,12-13,29H2,1-2H3,(H,32,35,36). The summed E-state index contributed by atoms with van der Waals surface area (Å²) >= 11 is 0. The number of rotatable bonds is 6. The molecule has 37 heavy (non-hydrogen) atoms. The first-order valence-corrected chi connectivity index (χ1v) is 12.4. The number of nitrogens with zero attached hydrogens (tertiary/aromatic N) is 4. The van der Waals surface area contributed by atoms with Gasteiger partial charge in [-0.05, 0) is 37.3 Å². The lowest BCUT2D eigenvalue weighted by molar-refractivity contribution is -0.119. The Labute approximate surface area is 213 Å². The number of hydrogen-bond acceptors (Lipinski definition) is 7. The molecule has 2 aromatic rings. The van der Waals surface area contributed by atoms with Crippen LogP contribution >= 0.6 is 0 Å². The van der Waals surface area contributed by atoms with E-state index in [0.717, 1.165) is 18.9 Å². The lowest BCUT2D eigenvalue weighted by atomic mass is 9.92. The van der Waals surface area contributed by atoms with Crippen molar-refractivity contribution in [3.8, 4) is 5.75 Å². The molecule has 0 bridgehead atoms. The van der Waals surface area contributed by atoms with E-state index in [9.17, 15) is 22.8 Å². The number of aromatic nitrogens is 2. The van der Waals surface area contributed by atoms with Crippen LogP contribution in [0.15, 0.2) is 24.5 Å². The lowest BCUT2D eigenvalue weighted by Crippen LogP contribution is -2.47. The smallest absolute Gasteiger partial charge is 0.324 e. The van der Waals surface area contributed by atoms with Gasteiger partial charge in [0, 0.05) is 50.6 Å². The fourth-order valence-electron chi connectivity index (χ4n) is 4.85. The number of anilines is 1. The van der Waals surface area contributed by atoms with E-state index in [2.05, 4.69) is 15.3 Å². The van der Waals surface area contributed by atoms with Crippen molar-refractivity contribution >= 4 is 17.9 Å². The first-order chi connectivity index (χ1) is 17.7. The number of amides is 3. The molecule has 200 valence electrons. The average molecular weight is 521 g/mol. The van der Waals surface area contributed by atoms with E-state index in [4.69, 9.17) is 10.5 Å². The van der Waals surface area contributed by atoms with Crippen LogP contribution in [0.25, 0.3) is 0 Å². The Kier molecular flexibility index (Phi) is 8.16. The fraction of sp³-hybridized carbons (Fsp3) is 0.520. The van der Waals surface area contributed by atoms with E-state index < -0.39 is 29.4 Å². The van der Waals surface area contributed by atoms with E-state index in [0.29, 0.717) is 37.4 Å². The SMILES string of the molecule is CCC(=O)NC(=O)N1CCC(C(C)Oc2cnc(N3CC(N)C(c4cc(F)c(F)cc4F)C3)nc2)CC1. The van der Waals surface area contributed by atoms with Crippen LogP contribution in [0.5, 0.6) is 5.75 Å². The number of urea groups is 1. The number of benzene rings is 1. The largest absolute Gasteiger partial charge is 0.487 e. The monoisotopic (exact) mass is 520 g/mol. The highest BCUT2D eigenvalue weighted by molar-refractivity contribution is 5.94. The summed E-state index contributed by atoms with van der Waals surface area (Å²) in [4.78, 5) is 35.7. The average Bonchev–Trinajstić information content (AvgIpc) is 3.27. The van der Waals surface area contributed by atoms with Crippen molar-refractivity contribution in [3.63, 3.8) is 0 Å². The second kappa shape index (κ2) is 11.3. The van der Waals surface area contributed by atoms with Crippen LogP contribution in [-0.4, -0.2) is 65.1 Å². The summed E-state index contributed by atoms with van der Waals surface area (Å²) in [6, 6.07) is 0.529. The highest BCUT2D eigenvalue weighted by atomic mass is 19.2. The summed E-state index contributed by atoms with van der Waals surface area (Å²) in [6.07, 6.45) is 4.69. The highest BCUT2D eigenvalue weighted by Crippen LogP contribution is 2.32. The maximum atomic E-state index is 14.3. The van der Waals surface area contributed by atoms with E-state index >= 15 is 0 Å². The molecule has 0 radical (unpaired) electrons. The van der Waals surface area contributed by atoms with Gasteiger partial charge in [-0.1, -0.05) is 6.92 Å². The summed E-state index contributed by atoms with van der Waals surface area (Å²) in [6.45, 7) is 5.30. The third-order valence-corrected chi connectivity index (χ3v) is 7.08. The van der Waals surface area contributed by atoms with E-state index in [1.54, 1.807) is 29.1 Å². The molecule has 3 N–H and O–H groups in total. The normalized spacial score (nSPS) is 21.1. The molecule has 1 aromatic carbocycles. The Hall–Kier alpha value is -3.41. The Morgan fingerprint density at radius 3 is 2.41 bits per heavy atom. The van der Waals surface area contributed by atoms with Gasteiger partial charge in [-0.2, -0.15) is 0 Å². The molecule has 2 aliphatic heterocycles. The zero-order chi connectivity index (χ0) is 26.7. The van der Waals surface area contributed by atoms with Gasteiger partial charge in [0.1, 0.15) is 5.82 Å². The molecule has 3 amide bonds. The second-order valence-corrected chi connectivity index (χ2v) is 9.54. The highest BCUT2D eigenvalue weighted by Gasteiger charge is 2.35. The van der Waals surface area contributed by atoms with Gasteiger partial charge in [0.25, 0.3) is 0 Å². The molecule has 0 saturated carbocycles. The van der Waals surface area contributed by atoms with Crippen LogP contribution in [0.4, 0.5) is 23.9 Å². The van der Waals surface area contributed by atoms with E-state index in [1.165, 1.54) is 0 Å². The van der Waals surface area contributed by atoms with Crippen molar-refractivity contribution in [2.75, 3.05) is 31.1 Å². The summed E-state index contributed by atoms with van der Waals surface area (Å²) in [5.74, 6) is -2.95. The van der Waals surface area contributed by atoms with Crippen LogP contribution in [0.3, 0.4) is 0 Å². The van der Waals surface area contributed by atoms with Crippen molar-refractivity contribution in [1.29, 1.82) is 0 Å². The van der Waals surface area contributed by atoms with E-state index in [-0.39, 0.29) is 42.5 Å². The molecule has 1 aromatic heterocycles. The van der Waals surface area contributed by atoms with Gasteiger partial charge in [0.05, 0.1) is 18.5 Å². The van der Waals surface area contributed by atoms with Crippen molar-refractivity contribution in [1.82, 2.24) is 20.2 Å². The van der Waals surface area contributed by atoms with Gasteiger partial charge in [-0.25, -0.2) is 27.9 Å². The summed E-state index contributed by atoms with van der Waals surface area (Å²) in [7, 11) is 0. The Morgan fingerprint density at radius 1 is 1.11 bits per heavy atom. The van der Waals surface area contributed by atoms with Gasteiger partial charge < -0.3 is 20.3 Å². The molecule has 2 saturated heterocycles. The first kappa shape index (κ1) is 26.6. The number of carbonyl (C=O) groups is 2. The minimum absolute atomic E-state index is 0.0307. The Morgan fingerprint density at radius 2 is 1.76 bits per heavy atom. The molecule has 2 fully saturated rings. The zero-order valence-electron chi connectivity index (χ0n) is 20.8. The molecule has 3 atom stereocenters. The van der Waals surface area contributed by atoms with Crippen molar-refractivity contribution in [3.05, 3.63) is 47.5 Å². The van der Waals surface area contributed by atoms with Crippen LogP contribution in [0.2, 0.25) is 0 Å². The molecule has 3 heterocycles. The number of imide groups is 1. The second-order valence-electron chi connectivity index (χ2n) is 9.54. The van der Waals surface area contributed by atoms with Crippen LogP contribution in [-0.2, 0) is 4.79 Å². The predicted octanol–water partition coefficient (Wildman–Crippen LogP) is 2.95. The van der Waals surface area contributed by atoms with Crippen LogP contribution < -0.4 is 20.7 Å². The van der Waals surface area contributed by atoms with Crippen molar-refractivity contribution in [2.24, 2.45) is 11.7 Å². The topological polar surface area (TPSA) is 114 Å². The number of nitrogens with one attached hydrogen (secondary N) is 1. The Balaban J connectivity index is 1.31. The number of likely N-dealkylation sites (tertiary alicyclic amines) is 1. The van der Waals surface area contributed by atoms with Gasteiger partial charge >= 0.3 is 6.03 Å². The molecular weight excluding hydrogens is 489 g/mol. The maximum absolute atomic E-state index is 14.3. The fourth-order valence-corrected chi connectivity index (χ4v) is 4.85.